The van der Waals surface area contributed by atoms with Crippen molar-refractivity contribution >= 4 is 10.9 Å². The lowest BCUT2D eigenvalue weighted by Crippen LogP contribution is -2.34. The standard InChI is InChI=1S/C29H32N2O3/c1-33-25-18-20(19-26(34-2)29(25)32)12-15-31-16-13-21(14-17-31)27-23-10-6-7-11-24(23)30-28(27)22-8-4-3-5-9-22/h3-11,18-19,21,30,32H,12-17H2,1-2H3. The predicted octanol–water partition coefficient (Wildman–Crippen LogP) is 5.98. The first kappa shape index (κ1) is 22.4. The van der Waals surface area contributed by atoms with Crippen LogP contribution in [0.15, 0.2) is 66.7 Å². The molecule has 0 unspecified atom stereocenters. The number of para-hydroxylation sites is 1. The molecule has 0 spiro atoms. The van der Waals surface area contributed by atoms with Crippen LogP contribution in [0.25, 0.3) is 22.2 Å². The number of nitrogens with one attached hydrogen (secondary N) is 1. The van der Waals surface area contributed by atoms with Gasteiger partial charge in [-0.3, -0.25) is 0 Å². The maximum absolute atomic E-state index is 10.2. The summed E-state index contributed by atoms with van der Waals surface area (Å²) in [7, 11) is 3.13. The van der Waals surface area contributed by atoms with Gasteiger partial charge in [0, 0.05) is 23.1 Å². The first-order chi connectivity index (χ1) is 16.7. The van der Waals surface area contributed by atoms with E-state index in [1.807, 2.05) is 12.1 Å². The van der Waals surface area contributed by atoms with Crippen molar-refractivity contribution in [2.75, 3.05) is 33.9 Å². The molecule has 0 amide bonds. The van der Waals surface area contributed by atoms with Gasteiger partial charge in [0.05, 0.1) is 14.2 Å². The summed E-state index contributed by atoms with van der Waals surface area (Å²) >= 11 is 0. The van der Waals surface area contributed by atoms with Crippen molar-refractivity contribution in [1.82, 2.24) is 9.88 Å². The fourth-order valence-electron chi connectivity index (χ4n) is 5.24. The molecule has 0 bridgehead atoms. The minimum Gasteiger partial charge on any atom is -0.502 e. The Bertz CT molecular complexity index is 1230. The number of nitrogens with zero attached hydrogens (tertiary/aromatic N) is 1. The molecular weight excluding hydrogens is 424 g/mol. The first-order valence-electron chi connectivity index (χ1n) is 12.0. The second-order valence-corrected chi connectivity index (χ2v) is 9.04. The molecule has 5 heteroatoms. The number of hydrogen-bond acceptors (Lipinski definition) is 4. The lowest BCUT2D eigenvalue weighted by molar-refractivity contribution is 0.215. The van der Waals surface area contributed by atoms with E-state index in [2.05, 4.69) is 64.5 Å². The number of fused-ring (bicyclic) bond motifs is 1. The molecule has 2 heterocycles. The molecule has 5 rings (SSSR count). The van der Waals surface area contributed by atoms with Gasteiger partial charge in [0.25, 0.3) is 0 Å². The van der Waals surface area contributed by atoms with Gasteiger partial charge in [0.2, 0.25) is 5.75 Å². The third kappa shape index (κ3) is 4.36. The van der Waals surface area contributed by atoms with E-state index in [1.165, 1.54) is 27.7 Å². The molecule has 0 radical (unpaired) electrons. The molecule has 1 aliphatic rings. The molecule has 0 atom stereocenters. The normalized spacial score (nSPS) is 15.0. The smallest absolute Gasteiger partial charge is 0.200 e. The number of rotatable bonds is 7. The van der Waals surface area contributed by atoms with Gasteiger partial charge in [-0.05, 0) is 73.2 Å². The van der Waals surface area contributed by atoms with Gasteiger partial charge < -0.3 is 24.5 Å². The van der Waals surface area contributed by atoms with Crippen molar-refractivity contribution in [2.24, 2.45) is 0 Å². The van der Waals surface area contributed by atoms with E-state index in [9.17, 15) is 5.11 Å². The van der Waals surface area contributed by atoms with Gasteiger partial charge in [-0.1, -0.05) is 48.5 Å². The number of hydrogen-bond donors (Lipinski definition) is 2. The zero-order chi connectivity index (χ0) is 23.5. The molecule has 3 aromatic carbocycles. The number of methoxy groups -OCH3 is 2. The molecule has 1 aliphatic heterocycles. The molecule has 2 N–H and O–H groups in total. The number of likely N-dealkylation sites (tertiary alicyclic amines) is 1. The predicted molar refractivity (Wildman–Crippen MR) is 137 cm³/mol. The average Bonchev–Trinajstić information content (AvgIpc) is 3.28. The van der Waals surface area contributed by atoms with E-state index in [4.69, 9.17) is 9.47 Å². The largest absolute Gasteiger partial charge is 0.502 e. The lowest BCUT2D eigenvalue weighted by atomic mass is 9.86. The van der Waals surface area contributed by atoms with Gasteiger partial charge in [0.15, 0.2) is 11.5 Å². The highest BCUT2D eigenvalue weighted by molar-refractivity contribution is 5.91. The summed E-state index contributed by atoms with van der Waals surface area (Å²) in [6.45, 7) is 3.12. The van der Waals surface area contributed by atoms with Gasteiger partial charge in [-0.25, -0.2) is 0 Å². The number of aromatic hydroxyl groups is 1. The van der Waals surface area contributed by atoms with Crippen molar-refractivity contribution < 1.29 is 14.6 Å². The Morgan fingerprint density at radius 3 is 2.24 bits per heavy atom. The van der Waals surface area contributed by atoms with Crippen LogP contribution in [0.5, 0.6) is 17.2 Å². The molecule has 1 aromatic heterocycles. The third-order valence-electron chi connectivity index (χ3n) is 7.06. The zero-order valence-corrected chi connectivity index (χ0v) is 19.9. The van der Waals surface area contributed by atoms with E-state index in [0.29, 0.717) is 17.4 Å². The monoisotopic (exact) mass is 456 g/mol. The average molecular weight is 457 g/mol. The summed E-state index contributed by atoms with van der Waals surface area (Å²) in [4.78, 5) is 6.25. The van der Waals surface area contributed by atoms with Crippen LogP contribution in [-0.4, -0.2) is 48.8 Å². The third-order valence-corrected chi connectivity index (χ3v) is 7.06. The van der Waals surface area contributed by atoms with E-state index < -0.39 is 0 Å². The van der Waals surface area contributed by atoms with Crippen LogP contribution in [0.1, 0.15) is 29.9 Å². The van der Waals surface area contributed by atoms with Gasteiger partial charge in [-0.2, -0.15) is 0 Å². The highest BCUT2D eigenvalue weighted by Crippen LogP contribution is 2.40. The number of aromatic amines is 1. The molecule has 5 nitrogen and oxygen atoms in total. The van der Waals surface area contributed by atoms with Crippen LogP contribution in [0.2, 0.25) is 0 Å². The second-order valence-electron chi connectivity index (χ2n) is 9.04. The molecule has 0 aliphatic carbocycles. The first-order valence-corrected chi connectivity index (χ1v) is 12.0. The van der Waals surface area contributed by atoms with Gasteiger partial charge in [-0.15, -0.1) is 0 Å². The lowest BCUT2D eigenvalue weighted by Gasteiger charge is -2.32. The van der Waals surface area contributed by atoms with Crippen LogP contribution in [0, 0.1) is 0 Å². The SMILES string of the molecule is COc1cc(CCN2CCC(c3c(-c4ccccc4)[nH]c4ccccc34)CC2)cc(OC)c1O. The van der Waals surface area contributed by atoms with Crippen molar-refractivity contribution in [3.8, 4) is 28.5 Å². The summed E-state index contributed by atoms with van der Waals surface area (Å²) in [5.74, 6) is 1.51. The molecule has 1 saturated heterocycles. The van der Waals surface area contributed by atoms with Crippen molar-refractivity contribution in [1.29, 1.82) is 0 Å². The Balaban J connectivity index is 1.30. The van der Waals surface area contributed by atoms with E-state index in [0.717, 1.165) is 44.5 Å². The molecular formula is C29H32N2O3. The van der Waals surface area contributed by atoms with Crippen molar-refractivity contribution in [3.05, 3.63) is 77.9 Å². The van der Waals surface area contributed by atoms with Crippen LogP contribution in [-0.2, 0) is 6.42 Å². The zero-order valence-electron chi connectivity index (χ0n) is 19.9. The number of phenolic OH excluding ortho intramolecular Hbond substituents is 1. The Labute approximate surface area is 200 Å². The summed E-state index contributed by atoms with van der Waals surface area (Å²) in [5, 5.41) is 11.5. The topological polar surface area (TPSA) is 57.7 Å². The highest BCUT2D eigenvalue weighted by Gasteiger charge is 2.26. The minimum absolute atomic E-state index is 0.0579. The van der Waals surface area contributed by atoms with Crippen molar-refractivity contribution in [2.45, 2.75) is 25.2 Å². The van der Waals surface area contributed by atoms with Crippen LogP contribution >= 0.6 is 0 Å². The Morgan fingerprint density at radius 1 is 0.912 bits per heavy atom. The van der Waals surface area contributed by atoms with Gasteiger partial charge in [0.1, 0.15) is 0 Å². The fraction of sp³-hybridized carbons (Fsp3) is 0.310. The van der Waals surface area contributed by atoms with Crippen LogP contribution in [0.4, 0.5) is 0 Å². The number of phenols is 1. The van der Waals surface area contributed by atoms with Gasteiger partial charge >= 0.3 is 0 Å². The Hall–Kier alpha value is -3.44. The van der Waals surface area contributed by atoms with Crippen LogP contribution < -0.4 is 9.47 Å². The van der Waals surface area contributed by atoms with E-state index in [-0.39, 0.29) is 5.75 Å². The number of H-pyrrole nitrogens is 1. The maximum atomic E-state index is 10.2. The summed E-state index contributed by atoms with van der Waals surface area (Å²) in [6, 6.07) is 23.2. The molecule has 176 valence electrons. The Morgan fingerprint density at radius 2 is 1.56 bits per heavy atom. The number of ether oxygens (including phenoxy) is 2. The molecule has 1 fully saturated rings. The number of piperidine rings is 1. The number of benzene rings is 3. The highest BCUT2D eigenvalue weighted by atomic mass is 16.5. The minimum atomic E-state index is 0.0579. The fourth-order valence-corrected chi connectivity index (χ4v) is 5.24. The maximum Gasteiger partial charge on any atom is 0.200 e. The summed E-state index contributed by atoms with van der Waals surface area (Å²) in [6.07, 6.45) is 3.17. The molecule has 34 heavy (non-hydrogen) atoms. The van der Waals surface area contributed by atoms with E-state index >= 15 is 0 Å². The molecule has 0 saturated carbocycles. The molecule has 4 aromatic rings. The van der Waals surface area contributed by atoms with Crippen LogP contribution in [0.3, 0.4) is 0 Å². The van der Waals surface area contributed by atoms with Crippen molar-refractivity contribution in [3.63, 3.8) is 0 Å². The summed E-state index contributed by atoms with van der Waals surface area (Å²) in [5.41, 5.74) is 6.31. The van der Waals surface area contributed by atoms with E-state index in [1.54, 1.807) is 14.2 Å². The second kappa shape index (κ2) is 9.82. The Kier molecular flexibility index (Phi) is 6.45. The quantitative estimate of drug-likeness (QED) is 0.359. The summed E-state index contributed by atoms with van der Waals surface area (Å²) < 4.78 is 10.6. The number of aromatic nitrogens is 1.